The molecule has 1 amide bonds. The Morgan fingerprint density at radius 2 is 1.26 bits per heavy atom. The fraction of sp³-hybridized carbons (Fsp3) is 0.387. The molecule has 2 saturated heterocycles. The summed E-state index contributed by atoms with van der Waals surface area (Å²) in [6.07, 6.45) is -5.71. The zero-order valence-electron chi connectivity index (χ0n) is 24.5. The largest absolute Gasteiger partial charge is 0.394 e. The number of aromatic nitrogens is 6. The van der Waals surface area contributed by atoms with Crippen LogP contribution >= 0.6 is 0 Å². The van der Waals surface area contributed by atoms with Crippen molar-refractivity contribution in [2.24, 2.45) is 0 Å². The SMILES string of the molecule is C.C.Nc1ncnc2c1ccn2[C@@H]1O[C@H](CO)[C@@H](O)C1(F)F.O=C(Nc1ncnc2c1ccn2[C@@H]1O[C@H](CO)[C@@H](O)C1(F)F)c1ccccc1. The Morgan fingerprint density at radius 3 is 1.76 bits per heavy atom. The van der Waals surface area contributed by atoms with Gasteiger partial charge in [0.05, 0.1) is 24.0 Å². The number of hydrogen-bond donors (Lipinski definition) is 6. The molecule has 6 heterocycles. The molecular formula is C31H36F4N8O7. The summed E-state index contributed by atoms with van der Waals surface area (Å²) >= 11 is 0. The molecule has 1 aromatic carbocycles. The van der Waals surface area contributed by atoms with Crippen LogP contribution in [0.5, 0.6) is 0 Å². The van der Waals surface area contributed by atoms with Gasteiger partial charge in [-0.2, -0.15) is 17.6 Å². The van der Waals surface area contributed by atoms with Gasteiger partial charge >= 0.3 is 11.8 Å². The highest BCUT2D eigenvalue weighted by atomic mass is 19.3. The molecule has 15 nitrogen and oxygen atoms in total. The van der Waals surface area contributed by atoms with Crippen molar-refractivity contribution < 1.29 is 52.3 Å². The van der Waals surface area contributed by atoms with Gasteiger partial charge in [-0.1, -0.05) is 33.1 Å². The van der Waals surface area contributed by atoms with E-state index in [0.29, 0.717) is 16.3 Å². The monoisotopic (exact) mass is 708 g/mol. The van der Waals surface area contributed by atoms with Gasteiger partial charge in [0.1, 0.15) is 47.8 Å². The van der Waals surface area contributed by atoms with E-state index in [1.165, 1.54) is 24.5 Å². The summed E-state index contributed by atoms with van der Waals surface area (Å²) in [5, 5.41) is 40.7. The van der Waals surface area contributed by atoms with E-state index >= 15 is 0 Å². The van der Waals surface area contributed by atoms with Gasteiger partial charge in [-0.25, -0.2) is 19.9 Å². The molecule has 19 heteroatoms. The number of aliphatic hydroxyl groups is 4. The first-order valence-electron chi connectivity index (χ1n) is 14.3. The van der Waals surface area contributed by atoms with Crippen molar-refractivity contribution in [2.75, 3.05) is 24.3 Å². The van der Waals surface area contributed by atoms with Crippen LogP contribution in [0.25, 0.3) is 22.1 Å². The normalized spacial score (nSPS) is 25.0. The number of carbonyl (C=O) groups excluding carboxylic acids is 1. The van der Waals surface area contributed by atoms with Gasteiger partial charge in [0, 0.05) is 18.0 Å². The number of carbonyl (C=O) groups is 1. The van der Waals surface area contributed by atoms with Crippen molar-refractivity contribution in [3.05, 3.63) is 73.1 Å². The van der Waals surface area contributed by atoms with Crippen LogP contribution in [0.3, 0.4) is 0 Å². The van der Waals surface area contributed by atoms with E-state index in [2.05, 4.69) is 25.3 Å². The third kappa shape index (κ3) is 6.45. The van der Waals surface area contributed by atoms with E-state index in [9.17, 15) is 32.6 Å². The van der Waals surface area contributed by atoms with Crippen molar-refractivity contribution in [3.63, 3.8) is 0 Å². The molecular weight excluding hydrogens is 672 g/mol. The molecule has 270 valence electrons. The van der Waals surface area contributed by atoms with Crippen LogP contribution in [-0.4, -0.2) is 105 Å². The van der Waals surface area contributed by atoms with Gasteiger partial charge < -0.3 is 50.1 Å². The first-order valence-corrected chi connectivity index (χ1v) is 14.3. The quantitative estimate of drug-likeness (QED) is 0.141. The number of hydrogen-bond acceptors (Lipinski definition) is 12. The Morgan fingerprint density at radius 1 is 0.780 bits per heavy atom. The van der Waals surface area contributed by atoms with Crippen LogP contribution in [0.15, 0.2) is 67.5 Å². The molecule has 0 unspecified atom stereocenters. The van der Waals surface area contributed by atoms with Crippen LogP contribution in [0, 0.1) is 0 Å². The lowest BCUT2D eigenvalue weighted by atomic mass is 10.1. The van der Waals surface area contributed by atoms with Crippen LogP contribution in [0.1, 0.15) is 37.7 Å². The van der Waals surface area contributed by atoms with E-state index in [4.69, 9.17) is 25.4 Å². The number of ether oxygens (including phenoxy) is 2. The van der Waals surface area contributed by atoms with Gasteiger partial charge in [0.15, 0.2) is 12.2 Å². The fourth-order valence-electron chi connectivity index (χ4n) is 5.45. The third-order valence-corrected chi connectivity index (χ3v) is 7.94. The average molecular weight is 709 g/mol. The molecule has 0 spiro atoms. The lowest BCUT2D eigenvalue weighted by molar-refractivity contribution is -0.138. The van der Waals surface area contributed by atoms with Crippen molar-refractivity contribution in [2.45, 2.75) is 63.6 Å². The minimum atomic E-state index is -3.64. The Kier molecular flexibility index (Phi) is 11.1. The summed E-state index contributed by atoms with van der Waals surface area (Å²) in [5.41, 5.74) is 6.31. The molecule has 6 atom stereocenters. The van der Waals surface area contributed by atoms with Crippen molar-refractivity contribution in [1.82, 2.24) is 29.1 Å². The molecule has 2 fully saturated rings. The average Bonchev–Trinajstić information content (AvgIpc) is 3.81. The Hall–Kier alpha value is -4.79. The molecule has 0 radical (unpaired) electrons. The number of benzene rings is 1. The summed E-state index contributed by atoms with van der Waals surface area (Å²) in [5.74, 6) is -7.30. The van der Waals surface area contributed by atoms with Crippen molar-refractivity contribution in [3.8, 4) is 0 Å². The molecule has 7 rings (SSSR count). The van der Waals surface area contributed by atoms with Gasteiger partial charge in [-0.15, -0.1) is 0 Å². The number of nitrogens with one attached hydrogen (secondary N) is 1. The number of rotatable bonds is 6. The minimum Gasteiger partial charge on any atom is -0.394 e. The molecule has 0 aliphatic carbocycles. The van der Waals surface area contributed by atoms with Crippen LogP contribution < -0.4 is 11.1 Å². The lowest BCUT2D eigenvalue weighted by Crippen LogP contribution is -2.39. The van der Waals surface area contributed by atoms with Crippen LogP contribution in [0.2, 0.25) is 0 Å². The van der Waals surface area contributed by atoms with Gasteiger partial charge in [0.25, 0.3) is 5.91 Å². The fourth-order valence-corrected chi connectivity index (χ4v) is 5.45. The number of nitrogens with zero attached hydrogens (tertiary/aromatic N) is 6. The van der Waals surface area contributed by atoms with Crippen molar-refractivity contribution >= 4 is 39.6 Å². The summed E-state index contributed by atoms with van der Waals surface area (Å²) in [7, 11) is 0. The number of halogens is 4. The number of alkyl halides is 4. The highest BCUT2D eigenvalue weighted by molar-refractivity contribution is 6.07. The minimum absolute atomic E-state index is 0. The topological polar surface area (TPSA) is 216 Å². The van der Waals surface area contributed by atoms with Crippen LogP contribution in [-0.2, 0) is 9.47 Å². The molecule has 5 aromatic rings. The second-order valence-electron chi connectivity index (χ2n) is 10.9. The Labute approximate surface area is 281 Å². The van der Waals surface area contributed by atoms with E-state index in [1.807, 2.05) is 0 Å². The molecule has 4 aromatic heterocycles. The third-order valence-electron chi connectivity index (χ3n) is 7.94. The first kappa shape index (κ1) is 38.0. The smallest absolute Gasteiger partial charge is 0.320 e. The number of anilines is 2. The predicted molar refractivity (Wildman–Crippen MR) is 171 cm³/mol. The van der Waals surface area contributed by atoms with E-state index < -0.39 is 67.8 Å². The Balaban J connectivity index is 0.000000227. The Bertz CT molecular complexity index is 1930. The highest BCUT2D eigenvalue weighted by Gasteiger charge is 2.60. The molecule has 0 bridgehead atoms. The molecule has 7 N–H and O–H groups in total. The summed E-state index contributed by atoms with van der Waals surface area (Å²) in [4.78, 5) is 28.1. The van der Waals surface area contributed by atoms with E-state index in [1.54, 1.807) is 30.3 Å². The molecule has 50 heavy (non-hydrogen) atoms. The maximum absolute atomic E-state index is 14.4. The van der Waals surface area contributed by atoms with Gasteiger partial charge in [0.2, 0.25) is 12.5 Å². The number of fused-ring (bicyclic) bond motifs is 2. The number of nitrogen functional groups attached to an aromatic ring is 1. The molecule has 2 aliphatic rings. The van der Waals surface area contributed by atoms with Crippen LogP contribution in [0.4, 0.5) is 29.2 Å². The maximum Gasteiger partial charge on any atom is 0.320 e. The molecule has 2 aliphatic heterocycles. The van der Waals surface area contributed by atoms with Crippen molar-refractivity contribution in [1.29, 1.82) is 0 Å². The highest BCUT2D eigenvalue weighted by Crippen LogP contribution is 2.45. The summed E-state index contributed by atoms with van der Waals surface area (Å²) in [6.45, 7) is -1.45. The number of amides is 1. The zero-order chi connectivity index (χ0) is 34.4. The van der Waals surface area contributed by atoms with E-state index in [0.717, 1.165) is 21.8 Å². The second-order valence-corrected chi connectivity index (χ2v) is 10.9. The number of aliphatic hydroxyl groups excluding tert-OH is 4. The second kappa shape index (κ2) is 14.6. The van der Waals surface area contributed by atoms with E-state index in [-0.39, 0.29) is 37.8 Å². The zero-order valence-corrected chi connectivity index (χ0v) is 24.5. The summed E-state index contributed by atoms with van der Waals surface area (Å²) < 4.78 is 69.3. The summed E-state index contributed by atoms with van der Waals surface area (Å²) in [6, 6.07) is 11.4. The lowest BCUT2D eigenvalue weighted by Gasteiger charge is -2.21. The standard InChI is InChI=1S/C18H16F2N4O4.C11H12F2N4O3.2CH4/c19-18(20)13(26)12(8-25)28-17(18)24-7-6-11-14(21-9-22-15(11)24)23-16(27)10-4-2-1-3-5-10;12-11(13)7(19)6(3-18)20-10(11)17-2-1-5-8(14)15-4-16-9(5)17;;/h1-7,9,12-13,17,25-26H,8H2,(H,21,22,23,27);1-2,4,6-7,10,18-19H,3H2,(H2,14,15,16);2*1H4/t12-,13-,17-;6-,7-,10-;;/m11../s1. The van der Waals surface area contributed by atoms with Gasteiger partial charge in [-0.3, -0.25) is 4.79 Å². The maximum atomic E-state index is 14.4. The number of nitrogens with two attached hydrogens (primary N) is 1. The first-order chi connectivity index (χ1) is 22.9. The predicted octanol–water partition coefficient (Wildman–Crippen LogP) is 2.74. The molecule has 0 saturated carbocycles. The van der Waals surface area contributed by atoms with Gasteiger partial charge in [-0.05, 0) is 24.3 Å².